The van der Waals surface area contributed by atoms with Crippen LogP contribution >= 0.6 is 0 Å². The van der Waals surface area contributed by atoms with Crippen molar-refractivity contribution in [3.8, 4) is 22.6 Å². The summed E-state index contributed by atoms with van der Waals surface area (Å²) in [6.45, 7) is 0. The minimum absolute atomic E-state index is 0.0353. The van der Waals surface area contributed by atoms with Crippen molar-refractivity contribution in [2.24, 2.45) is 11.7 Å². The van der Waals surface area contributed by atoms with Crippen LogP contribution in [0.25, 0.3) is 39.1 Å². The Labute approximate surface area is 202 Å². The Morgan fingerprint density at radius 2 is 1.77 bits per heavy atom. The number of aromatic nitrogens is 5. The van der Waals surface area contributed by atoms with Crippen LogP contribution in [0, 0.1) is 5.92 Å². The van der Waals surface area contributed by atoms with Crippen LogP contribution in [0.2, 0.25) is 0 Å². The standard InChI is InChI=1S/C27H25N7O/c28-26-25-24(31-15-34(25)14-23(33-26)17-4-7-18(8-5-17)27(29)35)19-9-6-16-10-11-21(32-22(16)13-19)20-3-1-2-12-30-20/h1-3,6,9-15,17-18H,4-5,7-8H2,(H2,28,33)(H2,29,35). The van der Waals surface area contributed by atoms with Gasteiger partial charge in [0.05, 0.1) is 28.3 Å². The second-order valence-electron chi connectivity index (χ2n) is 9.17. The highest BCUT2D eigenvalue weighted by Gasteiger charge is 2.27. The molecule has 35 heavy (non-hydrogen) atoms. The molecule has 1 aromatic carbocycles. The molecule has 0 bridgehead atoms. The molecular weight excluding hydrogens is 438 g/mol. The van der Waals surface area contributed by atoms with E-state index in [0.29, 0.717) is 5.82 Å². The highest BCUT2D eigenvalue weighted by molar-refractivity contribution is 5.91. The second-order valence-corrected chi connectivity index (χ2v) is 9.17. The normalized spacial score (nSPS) is 18.2. The van der Waals surface area contributed by atoms with Gasteiger partial charge in [-0.2, -0.15) is 0 Å². The number of anilines is 1. The molecule has 1 saturated carbocycles. The van der Waals surface area contributed by atoms with Crippen molar-refractivity contribution in [2.45, 2.75) is 31.6 Å². The molecule has 4 N–H and O–H groups in total. The molecule has 6 rings (SSSR count). The smallest absolute Gasteiger partial charge is 0.220 e. The molecule has 0 radical (unpaired) electrons. The summed E-state index contributed by atoms with van der Waals surface area (Å²) in [7, 11) is 0. The van der Waals surface area contributed by atoms with E-state index < -0.39 is 0 Å². The lowest BCUT2D eigenvalue weighted by Crippen LogP contribution is -2.27. The van der Waals surface area contributed by atoms with Crippen LogP contribution in [0.5, 0.6) is 0 Å². The van der Waals surface area contributed by atoms with E-state index >= 15 is 0 Å². The van der Waals surface area contributed by atoms with E-state index in [2.05, 4.69) is 16.0 Å². The van der Waals surface area contributed by atoms with E-state index in [0.717, 1.165) is 70.4 Å². The third-order valence-corrected chi connectivity index (χ3v) is 7.00. The van der Waals surface area contributed by atoms with E-state index in [1.165, 1.54) is 0 Å². The predicted octanol–water partition coefficient (Wildman–Crippen LogP) is 4.35. The van der Waals surface area contributed by atoms with E-state index in [1.54, 1.807) is 12.5 Å². The number of nitrogen functional groups attached to an aromatic ring is 1. The van der Waals surface area contributed by atoms with Gasteiger partial charge in [0.15, 0.2) is 0 Å². The van der Waals surface area contributed by atoms with Crippen LogP contribution in [0.3, 0.4) is 0 Å². The number of hydrogen-bond acceptors (Lipinski definition) is 6. The largest absolute Gasteiger partial charge is 0.382 e. The summed E-state index contributed by atoms with van der Waals surface area (Å²) in [5.41, 5.74) is 17.9. The molecule has 4 heterocycles. The van der Waals surface area contributed by atoms with Crippen LogP contribution in [-0.2, 0) is 4.79 Å². The quantitative estimate of drug-likeness (QED) is 0.408. The van der Waals surface area contributed by atoms with Gasteiger partial charge in [0.1, 0.15) is 17.7 Å². The number of fused-ring (bicyclic) bond motifs is 2. The molecule has 174 valence electrons. The molecule has 0 aliphatic heterocycles. The highest BCUT2D eigenvalue weighted by Crippen LogP contribution is 2.36. The molecule has 8 heteroatoms. The number of carbonyl (C=O) groups is 1. The van der Waals surface area contributed by atoms with Gasteiger partial charge in [-0.25, -0.2) is 15.0 Å². The molecule has 5 aromatic rings. The zero-order chi connectivity index (χ0) is 23.9. The summed E-state index contributed by atoms with van der Waals surface area (Å²) in [4.78, 5) is 30.2. The molecule has 0 saturated heterocycles. The summed E-state index contributed by atoms with van der Waals surface area (Å²) in [5, 5.41) is 1.04. The fourth-order valence-corrected chi connectivity index (χ4v) is 5.08. The van der Waals surface area contributed by atoms with Crippen molar-refractivity contribution in [3.05, 3.63) is 72.9 Å². The van der Waals surface area contributed by atoms with E-state index in [-0.39, 0.29) is 17.7 Å². The Morgan fingerprint density at radius 1 is 0.943 bits per heavy atom. The lowest BCUT2D eigenvalue weighted by atomic mass is 9.80. The lowest BCUT2D eigenvalue weighted by molar-refractivity contribution is -0.122. The number of nitrogens with two attached hydrogens (primary N) is 2. The molecule has 0 spiro atoms. The Balaban J connectivity index is 1.35. The van der Waals surface area contributed by atoms with Gasteiger partial charge < -0.3 is 15.9 Å². The highest BCUT2D eigenvalue weighted by atomic mass is 16.1. The van der Waals surface area contributed by atoms with Crippen LogP contribution < -0.4 is 11.5 Å². The molecule has 1 aliphatic rings. The summed E-state index contributed by atoms with van der Waals surface area (Å²) >= 11 is 0. The van der Waals surface area contributed by atoms with Crippen LogP contribution in [0.15, 0.2) is 67.3 Å². The monoisotopic (exact) mass is 463 g/mol. The van der Waals surface area contributed by atoms with Gasteiger partial charge in [-0.15, -0.1) is 0 Å². The van der Waals surface area contributed by atoms with Crippen LogP contribution in [-0.4, -0.2) is 30.2 Å². The summed E-state index contributed by atoms with van der Waals surface area (Å²) in [5.74, 6) is 0.467. The van der Waals surface area contributed by atoms with E-state index in [4.69, 9.17) is 21.4 Å². The first kappa shape index (κ1) is 21.2. The number of hydrogen-bond donors (Lipinski definition) is 2. The van der Waals surface area contributed by atoms with Gasteiger partial charge in [-0.3, -0.25) is 9.78 Å². The SMILES string of the molecule is NC(=O)C1CCC(c2cn3cnc(-c4ccc5ccc(-c6ccccn6)nc5c4)c3c(N)n2)CC1. The van der Waals surface area contributed by atoms with Gasteiger partial charge in [-0.05, 0) is 49.9 Å². The number of amides is 1. The lowest BCUT2D eigenvalue weighted by Gasteiger charge is -2.26. The fraction of sp³-hybridized carbons (Fsp3) is 0.222. The van der Waals surface area contributed by atoms with Crippen LogP contribution in [0.4, 0.5) is 5.82 Å². The maximum atomic E-state index is 11.5. The second kappa shape index (κ2) is 8.47. The minimum atomic E-state index is -0.206. The van der Waals surface area contributed by atoms with Gasteiger partial charge in [0.25, 0.3) is 0 Å². The number of nitrogens with zero attached hydrogens (tertiary/aromatic N) is 5. The van der Waals surface area contributed by atoms with Gasteiger partial charge in [-0.1, -0.05) is 24.3 Å². The number of pyridine rings is 2. The first-order valence-corrected chi connectivity index (χ1v) is 11.8. The molecule has 0 unspecified atom stereocenters. The zero-order valence-corrected chi connectivity index (χ0v) is 19.1. The van der Waals surface area contributed by atoms with Crippen LogP contribution in [0.1, 0.15) is 37.3 Å². The summed E-state index contributed by atoms with van der Waals surface area (Å²) in [6, 6.07) is 15.9. The van der Waals surface area contributed by atoms with Crippen molar-refractivity contribution in [3.63, 3.8) is 0 Å². The molecule has 4 aromatic heterocycles. The molecule has 1 amide bonds. The molecule has 0 atom stereocenters. The number of carbonyl (C=O) groups excluding carboxylic acids is 1. The number of imidazole rings is 1. The van der Waals surface area contributed by atoms with E-state index in [9.17, 15) is 4.79 Å². The average Bonchev–Trinajstić information content (AvgIpc) is 3.33. The molecule has 1 aliphatic carbocycles. The Kier molecular flexibility index (Phi) is 5.13. The molecular formula is C27H25N7O. The summed E-state index contributed by atoms with van der Waals surface area (Å²) < 4.78 is 1.95. The predicted molar refractivity (Wildman–Crippen MR) is 135 cm³/mol. The zero-order valence-electron chi connectivity index (χ0n) is 19.1. The average molecular weight is 464 g/mol. The van der Waals surface area contributed by atoms with Gasteiger partial charge in [0.2, 0.25) is 5.91 Å². The van der Waals surface area contributed by atoms with Gasteiger partial charge in [0, 0.05) is 35.2 Å². The molecule has 1 fully saturated rings. The maximum Gasteiger partial charge on any atom is 0.220 e. The third kappa shape index (κ3) is 3.86. The maximum absolute atomic E-state index is 11.5. The first-order chi connectivity index (χ1) is 17.1. The Morgan fingerprint density at radius 3 is 2.54 bits per heavy atom. The minimum Gasteiger partial charge on any atom is -0.382 e. The summed E-state index contributed by atoms with van der Waals surface area (Å²) in [6.07, 6.45) is 8.89. The van der Waals surface area contributed by atoms with Crippen molar-refractivity contribution >= 4 is 28.1 Å². The van der Waals surface area contributed by atoms with Crippen molar-refractivity contribution in [1.29, 1.82) is 0 Å². The number of rotatable bonds is 4. The Hall–Kier alpha value is -4.33. The van der Waals surface area contributed by atoms with Crippen molar-refractivity contribution in [1.82, 2.24) is 24.3 Å². The van der Waals surface area contributed by atoms with Gasteiger partial charge >= 0.3 is 0 Å². The van der Waals surface area contributed by atoms with Crippen molar-refractivity contribution < 1.29 is 4.79 Å². The van der Waals surface area contributed by atoms with Crippen molar-refractivity contribution in [2.75, 3.05) is 5.73 Å². The first-order valence-electron chi connectivity index (χ1n) is 11.8. The molecule has 8 nitrogen and oxygen atoms in total. The number of primary amides is 1. The topological polar surface area (TPSA) is 125 Å². The number of benzene rings is 1. The third-order valence-electron chi connectivity index (χ3n) is 7.00. The fourth-order valence-electron chi connectivity index (χ4n) is 5.08. The van der Waals surface area contributed by atoms with E-state index in [1.807, 2.05) is 53.1 Å². The Bertz CT molecular complexity index is 1550.